The van der Waals surface area contributed by atoms with Crippen LogP contribution in [0.1, 0.15) is 13.3 Å². The summed E-state index contributed by atoms with van der Waals surface area (Å²) in [6.07, 6.45) is -30.8. The molecule has 282 valence electrons. The second kappa shape index (κ2) is 16.7. The van der Waals surface area contributed by atoms with Crippen molar-refractivity contribution in [3.63, 3.8) is 0 Å². The molecule has 0 bridgehead atoms. The smallest absolute Gasteiger partial charge is 0.394 e. The molecular weight excluding hydrogens is 684 g/mol. The van der Waals surface area contributed by atoms with Gasteiger partial charge >= 0.3 is 10.4 Å². The van der Waals surface area contributed by atoms with Gasteiger partial charge in [0, 0.05) is 13.5 Å². The van der Waals surface area contributed by atoms with Crippen LogP contribution in [0.5, 0.6) is 0 Å². The van der Waals surface area contributed by atoms with Crippen LogP contribution in [0.3, 0.4) is 0 Å². The van der Waals surface area contributed by atoms with Crippen molar-refractivity contribution in [1.82, 2.24) is 0 Å². The zero-order chi connectivity index (χ0) is 35.7. The first-order valence-corrected chi connectivity index (χ1v) is 16.3. The molecule has 48 heavy (non-hydrogen) atoms. The summed E-state index contributed by atoms with van der Waals surface area (Å²) < 4.78 is 78.9. The Morgan fingerprint density at radius 1 is 0.646 bits per heavy atom. The van der Waals surface area contributed by atoms with Gasteiger partial charge in [-0.3, -0.25) is 4.55 Å². The van der Waals surface area contributed by atoms with Crippen LogP contribution < -0.4 is 0 Å². The Hall–Kier alpha value is -0.850. The van der Waals surface area contributed by atoms with Gasteiger partial charge in [0.2, 0.25) is 0 Å². The predicted molar refractivity (Wildman–Crippen MR) is 146 cm³/mol. The molecule has 1 unspecified atom stereocenters. The summed E-state index contributed by atoms with van der Waals surface area (Å²) in [5.74, 6) is 0. The zero-order valence-electron chi connectivity index (χ0n) is 25.6. The van der Waals surface area contributed by atoms with Crippen LogP contribution in [-0.4, -0.2) is 208 Å². The van der Waals surface area contributed by atoms with Gasteiger partial charge in [-0.15, -0.1) is 0 Å². The van der Waals surface area contributed by atoms with Crippen LogP contribution in [0.2, 0.25) is 0 Å². The largest absolute Gasteiger partial charge is 0.397 e. The molecule has 4 heterocycles. The van der Waals surface area contributed by atoms with E-state index in [-0.39, 0.29) is 13.0 Å². The maximum absolute atomic E-state index is 11.2. The van der Waals surface area contributed by atoms with Gasteiger partial charge < -0.3 is 89.0 Å². The molecule has 19 atom stereocenters. The van der Waals surface area contributed by atoms with Gasteiger partial charge in [-0.2, -0.15) is 8.42 Å². The number of hydrogen-bond donors (Lipinski definition) is 11. The van der Waals surface area contributed by atoms with Crippen molar-refractivity contribution in [3.05, 3.63) is 0 Å². The van der Waals surface area contributed by atoms with Gasteiger partial charge in [0.25, 0.3) is 0 Å². The minimum atomic E-state index is -4.99. The third kappa shape index (κ3) is 9.14. The Morgan fingerprint density at radius 3 is 1.81 bits per heavy atom. The SMILES string of the molecule is COC[C@H]1O[C@@H](O[C@@H]2C[C@@H](O)[C@H](O[C@H]3[C@@H](O)[C@@H](CO)OC(O)[C@@H]3O)O[C@H]2C)[C@H](O)[C@@H](O[C@@H]2O[C@@H](COS(=O)(=O)O)[C@@H](O)[C@@H](O)[C@@H]2O)[C@H]1O. The van der Waals surface area contributed by atoms with Gasteiger partial charge in [-0.1, -0.05) is 0 Å². The van der Waals surface area contributed by atoms with E-state index in [1.807, 2.05) is 0 Å². The first kappa shape index (κ1) is 39.9. The molecular formula is C25H44O22S. The van der Waals surface area contributed by atoms with Crippen LogP contribution >= 0.6 is 0 Å². The first-order valence-electron chi connectivity index (χ1n) is 14.9. The Bertz CT molecular complexity index is 1120. The maximum atomic E-state index is 11.2. The molecule has 4 rings (SSSR count). The lowest BCUT2D eigenvalue weighted by molar-refractivity contribution is -0.376. The molecule has 0 spiro atoms. The summed E-state index contributed by atoms with van der Waals surface area (Å²) in [6.45, 7) is -0.509. The van der Waals surface area contributed by atoms with Gasteiger partial charge in [-0.25, -0.2) is 4.18 Å². The average Bonchev–Trinajstić information content (AvgIpc) is 3.02. The van der Waals surface area contributed by atoms with Crippen LogP contribution in [0, 0.1) is 0 Å². The Morgan fingerprint density at radius 2 is 1.21 bits per heavy atom. The third-order valence-electron chi connectivity index (χ3n) is 8.41. The third-order valence-corrected chi connectivity index (χ3v) is 8.85. The fourth-order valence-electron chi connectivity index (χ4n) is 5.73. The highest BCUT2D eigenvalue weighted by atomic mass is 32.3. The Kier molecular flexibility index (Phi) is 13.9. The number of rotatable bonds is 12. The molecule has 0 saturated carbocycles. The average molecular weight is 729 g/mol. The number of aliphatic hydroxyl groups is 10. The summed E-state index contributed by atoms with van der Waals surface area (Å²) in [5.41, 5.74) is 0. The standard InChI is InChI=1S/C25H44O22S/c1-7-9(3-8(27)23(41-7)46-20-14(29)10(4-26)42-22(35)18(20)33)43-25-19(34)21(15(30)11(44-25)5-39-2)47-24-17(32)16(31)13(28)12(45-24)6-40-48(36,37)38/h7-35H,3-6H2,1-2H3,(H,36,37,38)/t7-,8+,9+,10+,11+,12-,13+,14-,15-,16+,17-,18+,19+,20-,21-,22?,23-,24-,25+/m0/s1. The van der Waals surface area contributed by atoms with Crippen LogP contribution in [-0.2, 0) is 52.5 Å². The molecule has 0 radical (unpaired) electrons. The minimum Gasteiger partial charge on any atom is -0.394 e. The lowest BCUT2D eigenvalue weighted by Gasteiger charge is -2.48. The molecule has 4 saturated heterocycles. The van der Waals surface area contributed by atoms with Gasteiger partial charge in [0.05, 0.1) is 32.0 Å². The molecule has 23 heteroatoms. The highest BCUT2D eigenvalue weighted by molar-refractivity contribution is 7.80. The van der Waals surface area contributed by atoms with Gasteiger partial charge in [0.15, 0.2) is 25.2 Å². The fraction of sp³-hybridized carbons (Fsp3) is 1.00. The lowest BCUT2D eigenvalue weighted by Crippen LogP contribution is -2.65. The number of hydrogen-bond acceptors (Lipinski definition) is 21. The van der Waals surface area contributed by atoms with E-state index >= 15 is 0 Å². The minimum absolute atomic E-state index is 0.243. The van der Waals surface area contributed by atoms with Crippen LogP contribution in [0.25, 0.3) is 0 Å². The molecule has 0 aromatic carbocycles. The monoisotopic (exact) mass is 728 g/mol. The van der Waals surface area contributed by atoms with Crippen molar-refractivity contribution in [2.75, 3.05) is 26.9 Å². The van der Waals surface area contributed by atoms with Gasteiger partial charge in [0.1, 0.15) is 79.4 Å². The number of methoxy groups -OCH3 is 1. The summed E-state index contributed by atoms with van der Waals surface area (Å²) in [6, 6.07) is 0. The summed E-state index contributed by atoms with van der Waals surface area (Å²) >= 11 is 0. The van der Waals surface area contributed by atoms with E-state index in [1.54, 1.807) is 0 Å². The molecule has 0 aromatic heterocycles. The van der Waals surface area contributed by atoms with E-state index in [0.717, 1.165) is 0 Å². The topological polar surface area (TPSA) is 340 Å². The van der Waals surface area contributed by atoms with E-state index < -0.39 is 140 Å². The van der Waals surface area contributed by atoms with Crippen molar-refractivity contribution in [1.29, 1.82) is 0 Å². The van der Waals surface area contributed by atoms with Crippen LogP contribution in [0.15, 0.2) is 0 Å². The van der Waals surface area contributed by atoms with Gasteiger partial charge in [-0.05, 0) is 6.92 Å². The molecule has 4 fully saturated rings. The normalized spacial score (nSPS) is 49.1. The predicted octanol–water partition coefficient (Wildman–Crippen LogP) is -7.21. The summed E-state index contributed by atoms with van der Waals surface area (Å²) in [5, 5.41) is 104. The molecule has 0 aromatic rings. The van der Waals surface area contributed by atoms with Crippen molar-refractivity contribution in [2.45, 2.75) is 130 Å². The second-order valence-corrected chi connectivity index (χ2v) is 12.9. The van der Waals surface area contributed by atoms with E-state index in [9.17, 15) is 59.5 Å². The molecule has 22 nitrogen and oxygen atoms in total. The van der Waals surface area contributed by atoms with E-state index in [0.29, 0.717) is 0 Å². The fourth-order valence-corrected chi connectivity index (χ4v) is 6.03. The quantitative estimate of drug-likeness (QED) is 0.0831. The Balaban J connectivity index is 1.44. The Labute approximate surface area is 273 Å². The zero-order valence-corrected chi connectivity index (χ0v) is 26.4. The van der Waals surface area contributed by atoms with Crippen molar-refractivity contribution >= 4 is 10.4 Å². The van der Waals surface area contributed by atoms with E-state index in [2.05, 4.69) is 4.18 Å². The molecule has 11 N–H and O–H groups in total. The number of aliphatic hydroxyl groups excluding tert-OH is 10. The second-order valence-electron chi connectivity index (χ2n) is 11.8. The molecule has 4 aliphatic rings. The molecule has 0 aliphatic carbocycles. The van der Waals surface area contributed by atoms with Crippen molar-refractivity contribution < 1.29 is 106 Å². The van der Waals surface area contributed by atoms with E-state index in [1.165, 1.54) is 14.0 Å². The highest BCUT2D eigenvalue weighted by Crippen LogP contribution is 2.34. The molecule has 4 aliphatic heterocycles. The van der Waals surface area contributed by atoms with Crippen molar-refractivity contribution in [3.8, 4) is 0 Å². The van der Waals surface area contributed by atoms with Crippen LogP contribution in [0.4, 0.5) is 0 Å². The lowest BCUT2D eigenvalue weighted by atomic mass is 9.96. The first-order chi connectivity index (χ1) is 22.5. The van der Waals surface area contributed by atoms with E-state index in [4.69, 9.17) is 42.4 Å². The van der Waals surface area contributed by atoms with Crippen molar-refractivity contribution in [2.24, 2.45) is 0 Å². The summed E-state index contributed by atoms with van der Waals surface area (Å²) in [7, 11) is -3.71. The number of ether oxygens (including phenoxy) is 8. The highest BCUT2D eigenvalue weighted by Gasteiger charge is 2.53. The maximum Gasteiger partial charge on any atom is 0.397 e. The summed E-state index contributed by atoms with van der Waals surface area (Å²) in [4.78, 5) is 0. The molecule has 0 amide bonds.